The standard InChI is InChI=1S/C18H20N2O3S/c1-13-19-11-17(24-13)8-9-18(21)20-14-4-6-15(7-5-14)23-12-16-3-2-10-22-16/h4-9,11,16H,2-3,10,12H2,1H3,(H,20,21)/b9-8+/t16-/m0/s1. The highest BCUT2D eigenvalue weighted by Crippen LogP contribution is 2.19. The van der Waals surface area contributed by atoms with Crippen LogP contribution < -0.4 is 10.1 Å². The number of amides is 1. The minimum Gasteiger partial charge on any atom is -0.491 e. The van der Waals surface area contributed by atoms with Gasteiger partial charge in [-0.3, -0.25) is 4.79 Å². The normalized spacial score (nSPS) is 17.3. The maximum Gasteiger partial charge on any atom is 0.248 e. The van der Waals surface area contributed by atoms with Crippen molar-refractivity contribution in [2.75, 3.05) is 18.5 Å². The van der Waals surface area contributed by atoms with Gasteiger partial charge in [-0.2, -0.15) is 0 Å². The molecule has 2 heterocycles. The van der Waals surface area contributed by atoms with Crippen molar-refractivity contribution in [1.82, 2.24) is 4.98 Å². The van der Waals surface area contributed by atoms with E-state index in [2.05, 4.69) is 10.3 Å². The Balaban J connectivity index is 1.48. The van der Waals surface area contributed by atoms with Gasteiger partial charge >= 0.3 is 0 Å². The first kappa shape index (κ1) is 16.7. The molecule has 0 aliphatic carbocycles. The van der Waals surface area contributed by atoms with Crippen LogP contribution in [0.3, 0.4) is 0 Å². The predicted molar refractivity (Wildman–Crippen MR) is 95.4 cm³/mol. The topological polar surface area (TPSA) is 60.5 Å². The van der Waals surface area contributed by atoms with Crippen molar-refractivity contribution in [2.24, 2.45) is 0 Å². The van der Waals surface area contributed by atoms with Crippen LogP contribution in [-0.4, -0.2) is 30.2 Å². The van der Waals surface area contributed by atoms with Gasteiger partial charge in [-0.25, -0.2) is 4.98 Å². The molecule has 1 amide bonds. The first-order valence-electron chi connectivity index (χ1n) is 7.95. The zero-order valence-electron chi connectivity index (χ0n) is 13.5. The number of rotatable bonds is 6. The molecule has 1 fully saturated rings. The number of aromatic nitrogens is 1. The second-order valence-corrected chi connectivity index (χ2v) is 6.84. The first-order valence-corrected chi connectivity index (χ1v) is 8.77. The van der Waals surface area contributed by atoms with Crippen LogP contribution >= 0.6 is 11.3 Å². The third-order valence-corrected chi connectivity index (χ3v) is 4.50. The third kappa shape index (κ3) is 4.91. The van der Waals surface area contributed by atoms with Crippen LogP contribution in [0, 0.1) is 6.92 Å². The summed E-state index contributed by atoms with van der Waals surface area (Å²) in [5.41, 5.74) is 0.731. The van der Waals surface area contributed by atoms with Crippen LogP contribution in [0.4, 0.5) is 5.69 Å². The molecule has 1 aromatic heterocycles. The van der Waals surface area contributed by atoms with Crippen LogP contribution in [0.2, 0.25) is 0 Å². The lowest BCUT2D eigenvalue weighted by Crippen LogP contribution is -2.16. The number of carbonyl (C=O) groups is 1. The van der Waals surface area contributed by atoms with Gasteiger partial charge in [0.05, 0.1) is 11.1 Å². The summed E-state index contributed by atoms with van der Waals surface area (Å²) >= 11 is 1.55. The highest BCUT2D eigenvalue weighted by molar-refractivity contribution is 7.12. The van der Waals surface area contributed by atoms with Crippen molar-refractivity contribution >= 4 is 29.0 Å². The molecule has 24 heavy (non-hydrogen) atoms. The van der Waals surface area contributed by atoms with Crippen LogP contribution in [0.5, 0.6) is 5.75 Å². The fourth-order valence-corrected chi connectivity index (χ4v) is 3.08. The van der Waals surface area contributed by atoms with Crippen LogP contribution in [0.15, 0.2) is 36.5 Å². The molecule has 1 aromatic carbocycles. The van der Waals surface area contributed by atoms with Gasteiger partial charge in [-0.05, 0) is 50.1 Å². The van der Waals surface area contributed by atoms with Crippen molar-refractivity contribution < 1.29 is 14.3 Å². The molecule has 0 radical (unpaired) electrons. The fourth-order valence-electron chi connectivity index (χ4n) is 2.40. The van der Waals surface area contributed by atoms with Crippen LogP contribution in [0.25, 0.3) is 6.08 Å². The Morgan fingerprint density at radius 2 is 2.29 bits per heavy atom. The number of hydrogen-bond acceptors (Lipinski definition) is 5. The van der Waals surface area contributed by atoms with Crippen molar-refractivity contribution in [3.63, 3.8) is 0 Å². The monoisotopic (exact) mass is 344 g/mol. The molecule has 1 aliphatic heterocycles. The zero-order valence-corrected chi connectivity index (χ0v) is 14.3. The molecule has 3 rings (SSSR count). The van der Waals surface area contributed by atoms with E-state index in [-0.39, 0.29) is 12.0 Å². The number of nitrogens with zero attached hydrogens (tertiary/aromatic N) is 1. The number of thiazole rings is 1. The van der Waals surface area contributed by atoms with Crippen LogP contribution in [-0.2, 0) is 9.53 Å². The van der Waals surface area contributed by atoms with E-state index in [1.54, 1.807) is 23.6 Å². The van der Waals surface area contributed by atoms with Crippen molar-refractivity contribution in [3.05, 3.63) is 46.4 Å². The Morgan fingerprint density at radius 3 is 2.96 bits per heavy atom. The highest BCUT2D eigenvalue weighted by Gasteiger charge is 2.15. The Hall–Kier alpha value is -2.18. The van der Waals surface area contributed by atoms with Gasteiger partial charge in [-0.1, -0.05) is 0 Å². The van der Waals surface area contributed by atoms with E-state index in [0.29, 0.717) is 6.61 Å². The summed E-state index contributed by atoms with van der Waals surface area (Å²) in [5.74, 6) is 0.605. The van der Waals surface area contributed by atoms with E-state index in [9.17, 15) is 4.79 Å². The first-order chi connectivity index (χ1) is 11.7. The molecule has 1 saturated heterocycles. The lowest BCUT2D eigenvalue weighted by molar-refractivity contribution is -0.111. The molecule has 1 N–H and O–H groups in total. The molecule has 0 bridgehead atoms. The molecule has 126 valence electrons. The van der Waals surface area contributed by atoms with Crippen LogP contribution in [0.1, 0.15) is 22.7 Å². The lowest BCUT2D eigenvalue weighted by Gasteiger charge is -2.11. The van der Waals surface area contributed by atoms with E-state index in [1.807, 2.05) is 31.2 Å². The SMILES string of the molecule is Cc1ncc(/C=C/C(=O)Nc2ccc(OC[C@@H]3CCCO3)cc2)s1. The predicted octanol–water partition coefficient (Wildman–Crippen LogP) is 3.66. The molecule has 1 atom stereocenters. The van der Waals surface area contributed by atoms with E-state index < -0.39 is 0 Å². The van der Waals surface area contributed by atoms with E-state index in [0.717, 1.165) is 40.8 Å². The Kier molecular flexibility index (Phi) is 5.61. The molecular formula is C18H20N2O3S. The largest absolute Gasteiger partial charge is 0.491 e. The van der Waals surface area contributed by atoms with Gasteiger partial charge in [-0.15, -0.1) is 11.3 Å². The molecule has 6 heteroatoms. The maximum absolute atomic E-state index is 11.9. The summed E-state index contributed by atoms with van der Waals surface area (Å²) in [4.78, 5) is 17.0. The average molecular weight is 344 g/mol. The number of nitrogens with one attached hydrogen (secondary N) is 1. The quantitative estimate of drug-likeness (QED) is 0.813. The summed E-state index contributed by atoms with van der Waals surface area (Å²) in [5, 5.41) is 3.80. The summed E-state index contributed by atoms with van der Waals surface area (Å²) < 4.78 is 11.2. The minimum absolute atomic E-state index is 0.172. The molecule has 0 unspecified atom stereocenters. The minimum atomic E-state index is -0.172. The fraction of sp³-hybridized carbons (Fsp3) is 0.333. The third-order valence-electron chi connectivity index (χ3n) is 3.62. The summed E-state index contributed by atoms with van der Waals surface area (Å²) in [7, 11) is 0. The van der Waals surface area contributed by atoms with Gasteiger partial charge in [0, 0.05) is 29.4 Å². The van der Waals surface area contributed by atoms with E-state index in [4.69, 9.17) is 9.47 Å². The lowest BCUT2D eigenvalue weighted by atomic mass is 10.2. The zero-order chi connectivity index (χ0) is 16.8. The highest BCUT2D eigenvalue weighted by atomic mass is 32.1. The molecular weight excluding hydrogens is 324 g/mol. The van der Waals surface area contributed by atoms with Crippen molar-refractivity contribution in [2.45, 2.75) is 25.9 Å². The number of hydrogen-bond donors (Lipinski definition) is 1. The smallest absolute Gasteiger partial charge is 0.248 e. The Morgan fingerprint density at radius 1 is 1.46 bits per heavy atom. The molecule has 0 saturated carbocycles. The maximum atomic E-state index is 11.9. The van der Waals surface area contributed by atoms with Gasteiger partial charge < -0.3 is 14.8 Å². The summed E-state index contributed by atoms with van der Waals surface area (Å²) in [6.07, 6.45) is 7.38. The molecule has 2 aromatic rings. The second kappa shape index (κ2) is 8.08. The number of benzene rings is 1. The number of carbonyl (C=O) groups excluding carboxylic acids is 1. The van der Waals surface area contributed by atoms with Gasteiger partial charge in [0.2, 0.25) is 5.91 Å². The Bertz CT molecular complexity index is 703. The summed E-state index contributed by atoms with van der Waals surface area (Å²) in [6, 6.07) is 7.35. The van der Waals surface area contributed by atoms with Gasteiger partial charge in [0.25, 0.3) is 0 Å². The van der Waals surface area contributed by atoms with Gasteiger partial charge in [0.1, 0.15) is 12.4 Å². The molecule has 0 spiro atoms. The van der Waals surface area contributed by atoms with E-state index in [1.165, 1.54) is 6.08 Å². The van der Waals surface area contributed by atoms with E-state index >= 15 is 0 Å². The molecule has 1 aliphatic rings. The number of aryl methyl sites for hydroxylation is 1. The second-order valence-electron chi connectivity index (χ2n) is 5.57. The van der Waals surface area contributed by atoms with Gasteiger partial charge in [0.15, 0.2) is 0 Å². The van der Waals surface area contributed by atoms with Crippen molar-refractivity contribution in [3.8, 4) is 5.75 Å². The number of anilines is 1. The van der Waals surface area contributed by atoms with Crippen molar-refractivity contribution in [1.29, 1.82) is 0 Å². The average Bonchev–Trinajstić information content (AvgIpc) is 3.24. The summed E-state index contributed by atoms with van der Waals surface area (Å²) in [6.45, 7) is 3.33. The number of ether oxygens (including phenoxy) is 2. The molecule has 5 nitrogen and oxygen atoms in total. The Labute approximate surface area is 145 Å².